The van der Waals surface area contributed by atoms with Crippen LogP contribution in [0.1, 0.15) is 11.4 Å². The third-order valence-electron chi connectivity index (χ3n) is 3.14. The van der Waals surface area contributed by atoms with E-state index >= 15 is 0 Å². The van der Waals surface area contributed by atoms with Gasteiger partial charge in [-0.2, -0.15) is 4.98 Å². The number of nitrogens with zero attached hydrogens (tertiary/aromatic N) is 3. The second-order valence-electron chi connectivity index (χ2n) is 4.32. The largest absolute Gasteiger partial charge is 0.482 e. The molecule has 1 aliphatic heterocycles. The van der Waals surface area contributed by atoms with Crippen molar-refractivity contribution in [1.82, 2.24) is 14.4 Å². The van der Waals surface area contributed by atoms with Gasteiger partial charge in [0.1, 0.15) is 0 Å². The van der Waals surface area contributed by atoms with Crippen LogP contribution in [0.3, 0.4) is 0 Å². The van der Waals surface area contributed by atoms with Crippen molar-refractivity contribution in [2.24, 2.45) is 0 Å². The van der Waals surface area contributed by atoms with Gasteiger partial charge in [0.25, 0.3) is 0 Å². The molecule has 3 heterocycles. The van der Waals surface area contributed by atoms with Gasteiger partial charge >= 0.3 is 0 Å². The third kappa shape index (κ3) is 1.92. The maximum atomic E-state index is 11.8. The van der Waals surface area contributed by atoms with Crippen LogP contribution < -0.4 is 9.47 Å². The minimum Gasteiger partial charge on any atom is -0.482 e. The zero-order valence-corrected chi connectivity index (χ0v) is 11.4. The molecule has 102 valence electrons. The number of fused-ring (bicyclic) bond motifs is 3. The van der Waals surface area contributed by atoms with Crippen molar-refractivity contribution < 1.29 is 17.9 Å². The van der Waals surface area contributed by atoms with Crippen molar-refractivity contribution in [3.8, 4) is 11.8 Å². The van der Waals surface area contributed by atoms with E-state index in [1.807, 2.05) is 0 Å². The summed E-state index contributed by atoms with van der Waals surface area (Å²) in [5, 5.41) is 0. The summed E-state index contributed by atoms with van der Waals surface area (Å²) in [7, 11) is -0.0562. The van der Waals surface area contributed by atoms with E-state index in [1.54, 1.807) is 10.5 Å². The van der Waals surface area contributed by atoms with E-state index in [9.17, 15) is 8.42 Å². The van der Waals surface area contributed by atoms with Crippen molar-refractivity contribution in [3.63, 3.8) is 0 Å². The van der Waals surface area contributed by atoms with Gasteiger partial charge in [-0.3, -0.25) is 0 Å². The van der Waals surface area contributed by atoms with Gasteiger partial charge in [-0.15, -0.1) is 0 Å². The fraction of sp³-hybridized carbons (Fsp3) is 0.455. The van der Waals surface area contributed by atoms with Crippen LogP contribution in [-0.2, 0) is 22.0 Å². The molecule has 0 fully saturated rings. The lowest BCUT2D eigenvalue weighted by Crippen LogP contribution is -2.19. The molecule has 2 aromatic rings. The summed E-state index contributed by atoms with van der Waals surface area (Å²) in [5.74, 6) is 1.34. The molecule has 0 bridgehead atoms. The molecule has 8 heteroatoms. The molecule has 1 aliphatic rings. The number of hydrogen-bond donors (Lipinski definition) is 0. The molecule has 0 N–H and O–H groups in total. The van der Waals surface area contributed by atoms with Crippen molar-refractivity contribution in [2.45, 2.75) is 12.2 Å². The van der Waals surface area contributed by atoms with E-state index in [0.29, 0.717) is 29.7 Å². The fourth-order valence-electron chi connectivity index (χ4n) is 2.23. The summed E-state index contributed by atoms with van der Waals surface area (Å²) in [5.41, 5.74) is 1.39. The zero-order chi connectivity index (χ0) is 13.6. The minimum absolute atomic E-state index is 0.0339. The van der Waals surface area contributed by atoms with Crippen LogP contribution in [0.15, 0.2) is 6.07 Å². The Hall–Kier alpha value is -1.83. The van der Waals surface area contributed by atoms with Gasteiger partial charge in [0.15, 0.2) is 9.84 Å². The van der Waals surface area contributed by atoms with E-state index in [-0.39, 0.29) is 11.5 Å². The van der Waals surface area contributed by atoms with E-state index in [4.69, 9.17) is 9.47 Å². The molecule has 0 aliphatic carbocycles. The lowest BCUT2D eigenvalue weighted by Gasteiger charge is -2.13. The van der Waals surface area contributed by atoms with Crippen LogP contribution >= 0.6 is 0 Å². The molecule has 0 spiro atoms. The first-order valence-electron chi connectivity index (χ1n) is 5.74. The maximum Gasteiger partial charge on any atom is 0.240 e. The molecule has 0 saturated carbocycles. The van der Waals surface area contributed by atoms with E-state index in [1.165, 1.54) is 14.2 Å². The summed E-state index contributed by atoms with van der Waals surface area (Å²) in [6.45, 7) is 0. The third-order valence-corrected chi connectivity index (χ3v) is 4.68. The van der Waals surface area contributed by atoms with Crippen LogP contribution in [0.2, 0.25) is 0 Å². The number of rotatable bonds is 2. The van der Waals surface area contributed by atoms with Gasteiger partial charge in [-0.05, 0) is 0 Å². The standard InChI is InChI=1S/C11H13N3O4S/c1-17-9-5-10(18-2)14-8-6-19(15,16)4-3-7(8)12-11(14)13-9/h5H,3-4,6H2,1-2H3. The van der Waals surface area contributed by atoms with Crippen LogP contribution in [0.25, 0.3) is 5.78 Å². The number of aromatic nitrogens is 3. The molecule has 0 amide bonds. The van der Waals surface area contributed by atoms with E-state index < -0.39 is 9.84 Å². The average Bonchev–Trinajstić information content (AvgIpc) is 2.74. The topological polar surface area (TPSA) is 82.8 Å². The Labute approximate surface area is 110 Å². The highest BCUT2D eigenvalue weighted by Crippen LogP contribution is 2.27. The second kappa shape index (κ2) is 4.09. The molecular weight excluding hydrogens is 270 g/mol. The maximum absolute atomic E-state index is 11.8. The molecule has 0 unspecified atom stereocenters. The Morgan fingerprint density at radius 1 is 1.26 bits per heavy atom. The van der Waals surface area contributed by atoms with Gasteiger partial charge in [0.2, 0.25) is 17.5 Å². The molecule has 19 heavy (non-hydrogen) atoms. The Morgan fingerprint density at radius 3 is 2.74 bits per heavy atom. The Morgan fingerprint density at radius 2 is 2.05 bits per heavy atom. The van der Waals surface area contributed by atoms with Gasteiger partial charge in [0.05, 0.1) is 43.2 Å². The molecule has 7 nitrogen and oxygen atoms in total. The number of sulfone groups is 1. The highest BCUT2D eigenvalue weighted by Gasteiger charge is 2.28. The number of methoxy groups -OCH3 is 2. The summed E-state index contributed by atoms with van der Waals surface area (Å²) in [6.07, 6.45) is 0.409. The summed E-state index contributed by atoms with van der Waals surface area (Å²) < 4.78 is 35.5. The highest BCUT2D eigenvalue weighted by atomic mass is 32.2. The Kier molecular flexibility index (Phi) is 2.63. The predicted molar refractivity (Wildman–Crippen MR) is 67.3 cm³/mol. The van der Waals surface area contributed by atoms with Crippen LogP contribution in [0.5, 0.6) is 11.8 Å². The van der Waals surface area contributed by atoms with Crippen molar-refractivity contribution >= 4 is 15.6 Å². The highest BCUT2D eigenvalue weighted by molar-refractivity contribution is 7.90. The number of aryl methyl sites for hydroxylation is 1. The molecule has 0 saturated heterocycles. The van der Waals surface area contributed by atoms with E-state index in [2.05, 4.69) is 9.97 Å². The summed E-state index contributed by atoms with van der Waals surface area (Å²) >= 11 is 0. The molecule has 2 aromatic heterocycles. The quantitative estimate of drug-likeness (QED) is 0.784. The lowest BCUT2D eigenvalue weighted by atomic mass is 10.3. The summed E-state index contributed by atoms with van der Waals surface area (Å²) in [4.78, 5) is 8.57. The first kappa shape index (κ1) is 12.2. The second-order valence-corrected chi connectivity index (χ2v) is 6.51. The van der Waals surface area contributed by atoms with Gasteiger partial charge in [0, 0.05) is 6.42 Å². The number of hydrogen-bond acceptors (Lipinski definition) is 6. The number of imidazole rings is 1. The first-order chi connectivity index (χ1) is 9.04. The SMILES string of the molecule is COc1cc(OC)n2c3c(nc2n1)CCS(=O)(=O)C3. The van der Waals surface area contributed by atoms with Crippen molar-refractivity contribution in [3.05, 3.63) is 17.5 Å². The monoisotopic (exact) mass is 283 g/mol. The minimum atomic E-state index is -3.07. The van der Waals surface area contributed by atoms with Gasteiger partial charge in [-0.1, -0.05) is 0 Å². The Bertz CT molecular complexity index is 751. The van der Waals surface area contributed by atoms with E-state index in [0.717, 1.165) is 5.69 Å². The van der Waals surface area contributed by atoms with Crippen molar-refractivity contribution in [2.75, 3.05) is 20.0 Å². The fourth-order valence-corrected chi connectivity index (χ4v) is 3.59. The molecule has 0 aromatic carbocycles. The van der Waals surface area contributed by atoms with Crippen LogP contribution in [-0.4, -0.2) is 42.8 Å². The molecule has 3 rings (SSSR count). The normalized spacial score (nSPS) is 17.2. The zero-order valence-electron chi connectivity index (χ0n) is 10.6. The van der Waals surface area contributed by atoms with Gasteiger partial charge in [-0.25, -0.2) is 17.8 Å². The van der Waals surface area contributed by atoms with Gasteiger partial charge < -0.3 is 9.47 Å². The molecular formula is C11H13N3O4S. The Balaban J connectivity index is 2.31. The molecule has 0 atom stereocenters. The average molecular weight is 283 g/mol. The van der Waals surface area contributed by atoms with Crippen LogP contribution in [0.4, 0.5) is 0 Å². The summed E-state index contributed by atoms with van der Waals surface area (Å²) in [6, 6.07) is 1.61. The number of ether oxygens (including phenoxy) is 2. The van der Waals surface area contributed by atoms with Crippen molar-refractivity contribution in [1.29, 1.82) is 0 Å². The lowest BCUT2D eigenvalue weighted by molar-refractivity contribution is 0.369. The first-order valence-corrected chi connectivity index (χ1v) is 7.56. The van der Waals surface area contributed by atoms with Crippen LogP contribution in [0, 0.1) is 0 Å². The molecule has 0 radical (unpaired) electrons. The smallest absolute Gasteiger partial charge is 0.240 e. The predicted octanol–water partition coefficient (Wildman–Crippen LogP) is 0.217.